The molecule has 0 aliphatic rings. The van der Waals surface area contributed by atoms with Crippen molar-refractivity contribution in [3.63, 3.8) is 0 Å². The highest BCUT2D eigenvalue weighted by Gasteiger charge is 2.14. The van der Waals surface area contributed by atoms with Crippen LogP contribution in [0.25, 0.3) is 0 Å². The van der Waals surface area contributed by atoms with Gasteiger partial charge in [0.1, 0.15) is 6.10 Å². The molecule has 3 nitrogen and oxygen atoms in total. The van der Waals surface area contributed by atoms with Gasteiger partial charge in [-0.1, -0.05) is 15.9 Å². The standard InChI is InChI=1S/C8H9BrFNO2/c1-4(13-11)6-2-5(9)3-7(10)8(6)12/h2-4,12H,11H2,1H3. The van der Waals surface area contributed by atoms with Crippen LogP contribution >= 0.6 is 15.9 Å². The smallest absolute Gasteiger partial charge is 0.166 e. The Labute approximate surface area is 83.4 Å². The topological polar surface area (TPSA) is 55.5 Å². The van der Waals surface area contributed by atoms with Crippen LogP contribution in [0.15, 0.2) is 16.6 Å². The molecule has 0 amide bonds. The van der Waals surface area contributed by atoms with Gasteiger partial charge in [-0.05, 0) is 19.1 Å². The molecule has 0 bridgehead atoms. The van der Waals surface area contributed by atoms with Gasteiger partial charge >= 0.3 is 0 Å². The van der Waals surface area contributed by atoms with Crippen LogP contribution in [0.2, 0.25) is 0 Å². The first kappa shape index (κ1) is 10.4. The molecule has 5 heteroatoms. The average Bonchev–Trinajstić information content (AvgIpc) is 2.10. The van der Waals surface area contributed by atoms with Crippen molar-refractivity contribution in [1.29, 1.82) is 0 Å². The van der Waals surface area contributed by atoms with E-state index in [4.69, 9.17) is 5.90 Å². The fraction of sp³-hybridized carbons (Fsp3) is 0.250. The van der Waals surface area contributed by atoms with Gasteiger partial charge in [0.05, 0.1) is 0 Å². The van der Waals surface area contributed by atoms with Crippen LogP contribution in [0.4, 0.5) is 4.39 Å². The van der Waals surface area contributed by atoms with E-state index in [9.17, 15) is 9.50 Å². The molecule has 0 aliphatic heterocycles. The van der Waals surface area contributed by atoms with Crippen LogP contribution in [0.1, 0.15) is 18.6 Å². The summed E-state index contributed by atoms with van der Waals surface area (Å²) >= 11 is 3.10. The molecule has 0 saturated carbocycles. The van der Waals surface area contributed by atoms with Crippen molar-refractivity contribution in [3.8, 4) is 5.75 Å². The van der Waals surface area contributed by atoms with Crippen molar-refractivity contribution in [2.45, 2.75) is 13.0 Å². The number of hydrogen-bond acceptors (Lipinski definition) is 3. The van der Waals surface area contributed by atoms with E-state index in [0.29, 0.717) is 10.0 Å². The zero-order valence-electron chi connectivity index (χ0n) is 6.92. The summed E-state index contributed by atoms with van der Waals surface area (Å²) in [6, 6.07) is 2.72. The second-order valence-corrected chi connectivity index (χ2v) is 3.52. The summed E-state index contributed by atoms with van der Waals surface area (Å²) < 4.78 is 13.5. The molecule has 13 heavy (non-hydrogen) atoms. The summed E-state index contributed by atoms with van der Waals surface area (Å²) in [4.78, 5) is 4.48. The van der Waals surface area contributed by atoms with E-state index >= 15 is 0 Å². The lowest BCUT2D eigenvalue weighted by atomic mass is 10.1. The second kappa shape index (κ2) is 4.04. The summed E-state index contributed by atoms with van der Waals surface area (Å²) in [7, 11) is 0. The lowest BCUT2D eigenvalue weighted by Gasteiger charge is -2.11. The zero-order valence-corrected chi connectivity index (χ0v) is 8.51. The van der Waals surface area contributed by atoms with E-state index in [1.54, 1.807) is 13.0 Å². The molecule has 1 atom stereocenters. The first-order valence-electron chi connectivity index (χ1n) is 3.59. The summed E-state index contributed by atoms with van der Waals surface area (Å²) in [5.74, 6) is 3.79. The van der Waals surface area contributed by atoms with E-state index < -0.39 is 17.7 Å². The predicted octanol–water partition coefficient (Wildman–Crippen LogP) is 2.25. The molecule has 1 aromatic rings. The molecular weight excluding hydrogens is 241 g/mol. The van der Waals surface area contributed by atoms with Crippen LogP contribution in [0.3, 0.4) is 0 Å². The predicted molar refractivity (Wildman–Crippen MR) is 49.5 cm³/mol. The highest BCUT2D eigenvalue weighted by atomic mass is 79.9. The Kier molecular flexibility index (Phi) is 3.24. The van der Waals surface area contributed by atoms with Gasteiger partial charge in [0, 0.05) is 10.0 Å². The third kappa shape index (κ3) is 2.18. The minimum absolute atomic E-state index is 0.314. The average molecular weight is 250 g/mol. The molecule has 72 valence electrons. The van der Waals surface area contributed by atoms with E-state index in [1.807, 2.05) is 0 Å². The van der Waals surface area contributed by atoms with Gasteiger partial charge in [0.15, 0.2) is 11.6 Å². The number of nitrogens with two attached hydrogens (primary N) is 1. The van der Waals surface area contributed by atoms with Crippen molar-refractivity contribution in [3.05, 3.63) is 28.0 Å². The maximum Gasteiger partial charge on any atom is 0.166 e. The highest BCUT2D eigenvalue weighted by molar-refractivity contribution is 9.10. The van der Waals surface area contributed by atoms with Crippen molar-refractivity contribution < 1.29 is 14.3 Å². The van der Waals surface area contributed by atoms with Gasteiger partial charge in [-0.25, -0.2) is 10.3 Å². The molecule has 0 heterocycles. The Morgan fingerprint density at radius 1 is 1.62 bits per heavy atom. The lowest BCUT2D eigenvalue weighted by Crippen LogP contribution is -2.06. The Morgan fingerprint density at radius 3 is 2.77 bits per heavy atom. The van der Waals surface area contributed by atoms with E-state index in [2.05, 4.69) is 20.8 Å². The third-order valence-corrected chi connectivity index (χ3v) is 2.16. The first-order valence-corrected chi connectivity index (χ1v) is 4.39. The van der Waals surface area contributed by atoms with Gasteiger partial charge < -0.3 is 5.11 Å². The maximum absolute atomic E-state index is 13.0. The number of phenolic OH excluding ortho intramolecular Hbond substituents is 1. The zero-order chi connectivity index (χ0) is 10.0. The summed E-state index contributed by atoms with van der Waals surface area (Å²) in [6.07, 6.45) is -0.549. The van der Waals surface area contributed by atoms with Gasteiger partial charge in [-0.2, -0.15) is 0 Å². The molecule has 0 fully saturated rings. The van der Waals surface area contributed by atoms with Gasteiger partial charge in [0.25, 0.3) is 0 Å². The van der Waals surface area contributed by atoms with Gasteiger partial charge in [-0.15, -0.1) is 0 Å². The van der Waals surface area contributed by atoms with Crippen LogP contribution in [0, 0.1) is 5.82 Å². The summed E-state index contributed by atoms with van der Waals surface area (Å²) in [6.45, 7) is 1.61. The normalized spacial score (nSPS) is 12.9. The largest absolute Gasteiger partial charge is 0.505 e. The second-order valence-electron chi connectivity index (χ2n) is 2.60. The minimum Gasteiger partial charge on any atom is -0.505 e. The van der Waals surface area contributed by atoms with Crippen LogP contribution in [-0.2, 0) is 4.84 Å². The van der Waals surface area contributed by atoms with Crippen molar-refractivity contribution >= 4 is 15.9 Å². The molecule has 0 saturated heterocycles. The van der Waals surface area contributed by atoms with E-state index in [0.717, 1.165) is 0 Å². The first-order chi connectivity index (χ1) is 6.06. The molecule has 1 unspecified atom stereocenters. The van der Waals surface area contributed by atoms with Crippen molar-refractivity contribution in [2.75, 3.05) is 0 Å². The Balaban J connectivity index is 3.20. The Hall–Kier alpha value is -0.650. The van der Waals surface area contributed by atoms with Crippen molar-refractivity contribution in [2.24, 2.45) is 5.90 Å². The molecule has 0 aliphatic carbocycles. The minimum atomic E-state index is -0.701. The quantitative estimate of drug-likeness (QED) is 0.791. The summed E-state index contributed by atoms with van der Waals surface area (Å²) in [5.41, 5.74) is 0.314. The number of halogens is 2. The van der Waals surface area contributed by atoms with Crippen LogP contribution < -0.4 is 5.90 Å². The van der Waals surface area contributed by atoms with Gasteiger partial charge in [-0.3, -0.25) is 4.84 Å². The summed E-state index contributed by atoms with van der Waals surface area (Å²) in [5, 5.41) is 9.29. The molecule has 0 aromatic heterocycles. The van der Waals surface area contributed by atoms with Crippen LogP contribution in [0.5, 0.6) is 5.75 Å². The number of aromatic hydroxyl groups is 1. The fourth-order valence-electron chi connectivity index (χ4n) is 0.969. The Morgan fingerprint density at radius 2 is 2.23 bits per heavy atom. The van der Waals surface area contributed by atoms with E-state index in [1.165, 1.54) is 6.07 Å². The molecule has 1 rings (SSSR count). The SMILES string of the molecule is CC(ON)c1cc(Br)cc(F)c1O. The fourth-order valence-corrected chi connectivity index (χ4v) is 1.42. The van der Waals surface area contributed by atoms with Crippen molar-refractivity contribution in [1.82, 2.24) is 0 Å². The molecule has 0 spiro atoms. The Bertz CT molecular complexity index is 319. The third-order valence-electron chi connectivity index (χ3n) is 1.70. The molecular formula is C8H9BrFNO2. The number of benzene rings is 1. The molecule has 3 N–H and O–H groups in total. The molecule has 0 radical (unpaired) electrons. The van der Waals surface area contributed by atoms with Crippen LogP contribution in [-0.4, -0.2) is 5.11 Å². The number of rotatable bonds is 2. The van der Waals surface area contributed by atoms with E-state index in [-0.39, 0.29) is 0 Å². The number of phenols is 1. The highest BCUT2D eigenvalue weighted by Crippen LogP contribution is 2.31. The van der Waals surface area contributed by atoms with Gasteiger partial charge in [0.2, 0.25) is 0 Å². The molecule has 1 aromatic carbocycles. The maximum atomic E-state index is 13.0. The number of hydrogen-bond donors (Lipinski definition) is 2. The lowest BCUT2D eigenvalue weighted by molar-refractivity contribution is 0.0642. The monoisotopic (exact) mass is 249 g/mol.